The zero-order chi connectivity index (χ0) is 20.5. The monoisotopic (exact) mass is 401 g/mol. The molecule has 30 heavy (non-hydrogen) atoms. The smallest absolute Gasteiger partial charge is 0.254 e. The van der Waals surface area contributed by atoms with Crippen molar-refractivity contribution in [2.75, 3.05) is 37.7 Å². The SMILES string of the molecule is CCOc1ccccc1N1CCN(C(=O)c2cc(C3CC3)nc3ccccc23)CC1. The summed E-state index contributed by atoms with van der Waals surface area (Å²) in [6, 6.07) is 18.2. The van der Waals surface area contributed by atoms with E-state index < -0.39 is 0 Å². The Bertz CT molecular complexity index is 1070. The highest BCUT2D eigenvalue weighted by Crippen LogP contribution is 2.40. The van der Waals surface area contributed by atoms with Crippen LogP contribution in [0.25, 0.3) is 10.9 Å². The number of amides is 1. The molecule has 1 saturated carbocycles. The van der Waals surface area contributed by atoms with Crippen LogP contribution in [0.1, 0.15) is 41.7 Å². The third kappa shape index (κ3) is 3.60. The maximum absolute atomic E-state index is 13.5. The van der Waals surface area contributed by atoms with Crippen molar-refractivity contribution in [3.8, 4) is 5.75 Å². The maximum Gasteiger partial charge on any atom is 0.254 e. The number of pyridine rings is 1. The summed E-state index contributed by atoms with van der Waals surface area (Å²) in [6.45, 7) is 5.66. The molecule has 0 atom stereocenters. The number of para-hydroxylation sites is 3. The van der Waals surface area contributed by atoms with Crippen LogP contribution in [0.2, 0.25) is 0 Å². The summed E-state index contributed by atoms with van der Waals surface area (Å²) in [5.41, 5.74) is 3.90. The van der Waals surface area contributed by atoms with E-state index in [9.17, 15) is 4.79 Å². The van der Waals surface area contributed by atoms with E-state index in [0.717, 1.165) is 46.7 Å². The van der Waals surface area contributed by atoms with Crippen molar-refractivity contribution >= 4 is 22.5 Å². The Hall–Kier alpha value is -3.08. The average molecular weight is 402 g/mol. The first-order chi connectivity index (χ1) is 14.7. The van der Waals surface area contributed by atoms with Gasteiger partial charge in [-0.2, -0.15) is 0 Å². The van der Waals surface area contributed by atoms with Crippen LogP contribution >= 0.6 is 0 Å². The van der Waals surface area contributed by atoms with Crippen LogP contribution in [-0.2, 0) is 0 Å². The molecule has 5 nitrogen and oxygen atoms in total. The van der Waals surface area contributed by atoms with E-state index in [4.69, 9.17) is 9.72 Å². The van der Waals surface area contributed by atoms with Gasteiger partial charge in [0.25, 0.3) is 5.91 Å². The zero-order valence-electron chi connectivity index (χ0n) is 17.4. The van der Waals surface area contributed by atoms with Gasteiger partial charge in [-0.3, -0.25) is 9.78 Å². The molecule has 0 unspecified atom stereocenters. The highest BCUT2D eigenvalue weighted by molar-refractivity contribution is 6.06. The first kappa shape index (κ1) is 18.9. The number of benzene rings is 2. The van der Waals surface area contributed by atoms with Gasteiger partial charge in [-0.15, -0.1) is 0 Å². The lowest BCUT2D eigenvalue weighted by atomic mass is 10.0. The molecular formula is C25H27N3O2. The minimum Gasteiger partial charge on any atom is -0.492 e. The first-order valence-electron chi connectivity index (χ1n) is 10.9. The van der Waals surface area contributed by atoms with E-state index in [1.54, 1.807) is 0 Å². The lowest BCUT2D eigenvalue weighted by Gasteiger charge is -2.37. The van der Waals surface area contributed by atoms with Gasteiger partial charge >= 0.3 is 0 Å². The third-order valence-corrected chi connectivity index (χ3v) is 6.03. The quantitative estimate of drug-likeness (QED) is 0.633. The van der Waals surface area contributed by atoms with E-state index in [1.165, 1.54) is 12.8 Å². The molecule has 154 valence electrons. The van der Waals surface area contributed by atoms with Crippen LogP contribution in [0.4, 0.5) is 5.69 Å². The molecular weight excluding hydrogens is 374 g/mol. The van der Waals surface area contributed by atoms with Crippen LogP contribution in [-0.4, -0.2) is 48.6 Å². The zero-order valence-corrected chi connectivity index (χ0v) is 17.4. The molecule has 2 aromatic carbocycles. The Kier molecular flexibility index (Phi) is 5.03. The number of rotatable bonds is 5. The van der Waals surface area contributed by atoms with E-state index in [0.29, 0.717) is 25.6 Å². The number of aromatic nitrogens is 1. The van der Waals surface area contributed by atoms with Gasteiger partial charge in [-0.05, 0) is 44.0 Å². The molecule has 2 fully saturated rings. The number of hydrogen-bond donors (Lipinski definition) is 0. The Balaban J connectivity index is 1.37. The van der Waals surface area contributed by atoms with E-state index in [1.807, 2.05) is 60.4 Å². The van der Waals surface area contributed by atoms with Crippen molar-refractivity contribution in [2.24, 2.45) is 0 Å². The standard InChI is InChI=1S/C25H27N3O2/c1-2-30-24-10-6-5-9-23(24)27-13-15-28(16-14-27)25(29)20-17-22(18-11-12-18)26-21-8-4-3-7-19(20)21/h3-10,17-18H,2,11-16H2,1H3. The highest BCUT2D eigenvalue weighted by Gasteiger charge is 2.29. The highest BCUT2D eigenvalue weighted by atomic mass is 16.5. The number of nitrogens with zero attached hydrogens (tertiary/aromatic N) is 3. The lowest BCUT2D eigenvalue weighted by molar-refractivity contribution is 0.0748. The van der Waals surface area contributed by atoms with Gasteiger partial charge in [0, 0.05) is 43.2 Å². The first-order valence-corrected chi connectivity index (χ1v) is 10.9. The number of anilines is 1. The number of carbonyl (C=O) groups excluding carboxylic acids is 1. The molecule has 5 heteroatoms. The van der Waals surface area contributed by atoms with Gasteiger partial charge in [0.15, 0.2) is 0 Å². The van der Waals surface area contributed by atoms with E-state index in [2.05, 4.69) is 11.0 Å². The van der Waals surface area contributed by atoms with Crippen molar-refractivity contribution in [3.63, 3.8) is 0 Å². The molecule has 1 aliphatic carbocycles. The molecule has 2 heterocycles. The second-order valence-electron chi connectivity index (χ2n) is 8.07. The largest absolute Gasteiger partial charge is 0.492 e. The molecule has 3 aromatic rings. The van der Waals surface area contributed by atoms with Gasteiger partial charge < -0.3 is 14.5 Å². The summed E-state index contributed by atoms with van der Waals surface area (Å²) in [5.74, 6) is 1.55. The summed E-state index contributed by atoms with van der Waals surface area (Å²) < 4.78 is 5.79. The van der Waals surface area contributed by atoms with Crippen LogP contribution in [0.15, 0.2) is 54.6 Å². The molecule has 0 N–H and O–H groups in total. The average Bonchev–Trinajstić information content (AvgIpc) is 3.64. The molecule has 2 aliphatic rings. The van der Waals surface area contributed by atoms with Gasteiger partial charge in [-0.1, -0.05) is 30.3 Å². The van der Waals surface area contributed by atoms with Crippen molar-refractivity contribution in [3.05, 3.63) is 65.9 Å². The molecule has 0 bridgehead atoms. The minimum atomic E-state index is 0.119. The third-order valence-electron chi connectivity index (χ3n) is 6.03. The van der Waals surface area contributed by atoms with Crippen LogP contribution in [0.3, 0.4) is 0 Å². The number of piperazine rings is 1. The van der Waals surface area contributed by atoms with Crippen molar-refractivity contribution in [2.45, 2.75) is 25.7 Å². The molecule has 0 radical (unpaired) electrons. The molecule has 0 spiro atoms. The summed E-state index contributed by atoms with van der Waals surface area (Å²) >= 11 is 0. The predicted octanol–water partition coefficient (Wildman–Crippen LogP) is 4.47. The predicted molar refractivity (Wildman–Crippen MR) is 119 cm³/mol. The molecule has 1 saturated heterocycles. The fraction of sp³-hybridized carbons (Fsp3) is 0.360. The summed E-state index contributed by atoms with van der Waals surface area (Å²) in [5, 5.41) is 0.955. The second kappa shape index (κ2) is 7.98. The van der Waals surface area contributed by atoms with Gasteiger partial charge in [-0.25, -0.2) is 0 Å². The molecule has 1 aliphatic heterocycles. The fourth-order valence-electron chi connectivity index (χ4n) is 4.28. The van der Waals surface area contributed by atoms with Gasteiger partial charge in [0.05, 0.1) is 23.4 Å². The molecule has 1 amide bonds. The Morgan fingerprint density at radius 1 is 1.03 bits per heavy atom. The van der Waals surface area contributed by atoms with Crippen molar-refractivity contribution in [1.29, 1.82) is 0 Å². The van der Waals surface area contributed by atoms with Gasteiger partial charge in [0.1, 0.15) is 5.75 Å². The van der Waals surface area contributed by atoms with Crippen LogP contribution < -0.4 is 9.64 Å². The molecule has 5 rings (SSSR count). The normalized spacial score (nSPS) is 16.7. The Labute approximate surface area is 177 Å². The molecule has 1 aromatic heterocycles. The number of fused-ring (bicyclic) bond motifs is 1. The van der Waals surface area contributed by atoms with E-state index in [-0.39, 0.29) is 5.91 Å². The summed E-state index contributed by atoms with van der Waals surface area (Å²) in [6.07, 6.45) is 2.35. The maximum atomic E-state index is 13.5. The summed E-state index contributed by atoms with van der Waals surface area (Å²) in [7, 11) is 0. The number of carbonyl (C=O) groups is 1. The van der Waals surface area contributed by atoms with Crippen molar-refractivity contribution < 1.29 is 9.53 Å². The lowest BCUT2D eigenvalue weighted by Crippen LogP contribution is -2.49. The number of ether oxygens (including phenoxy) is 1. The second-order valence-corrected chi connectivity index (χ2v) is 8.07. The van der Waals surface area contributed by atoms with Crippen molar-refractivity contribution in [1.82, 2.24) is 9.88 Å². The van der Waals surface area contributed by atoms with Crippen LogP contribution in [0.5, 0.6) is 5.75 Å². The number of hydrogen-bond acceptors (Lipinski definition) is 4. The Morgan fingerprint density at radius 3 is 2.53 bits per heavy atom. The fourth-order valence-corrected chi connectivity index (χ4v) is 4.28. The van der Waals surface area contributed by atoms with E-state index >= 15 is 0 Å². The summed E-state index contributed by atoms with van der Waals surface area (Å²) in [4.78, 5) is 22.6. The minimum absolute atomic E-state index is 0.119. The van der Waals surface area contributed by atoms with Crippen LogP contribution in [0, 0.1) is 0 Å². The topological polar surface area (TPSA) is 45.7 Å². The van der Waals surface area contributed by atoms with Gasteiger partial charge in [0.2, 0.25) is 0 Å². The Morgan fingerprint density at radius 2 is 1.77 bits per heavy atom.